The van der Waals surface area contributed by atoms with Gasteiger partial charge < -0.3 is 9.84 Å². The summed E-state index contributed by atoms with van der Waals surface area (Å²) in [6.45, 7) is 7.28. The molecule has 0 spiro atoms. The highest BCUT2D eigenvalue weighted by Gasteiger charge is 2.20. The second kappa shape index (κ2) is 4.10. The maximum absolute atomic E-state index is 9.90. The smallest absolute Gasteiger partial charge is 0.125 e. The summed E-state index contributed by atoms with van der Waals surface area (Å²) < 4.78 is 5.52. The summed E-state index contributed by atoms with van der Waals surface area (Å²) in [4.78, 5) is 0. The number of rotatable bonds is 1. The minimum absolute atomic E-state index is 0.273. The monoisotopic (exact) mass is 220 g/mol. The predicted molar refractivity (Wildman–Crippen MR) is 64.7 cm³/mol. The van der Waals surface area contributed by atoms with E-state index in [2.05, 4.69) is 32.9 Å². The van der Waals surface area contributed by atoms with Gasteiger partial charge in [-0.1, -0.05) is 26.8 Å². The minimum atomic E-state index is -0.358. The van der Waals surface area contributed by atoms with Crippen LogP contribution in [0.3, 0.4) is 0 Å². The summed E-state index contributed by atoms with van der Waals surface area (Å²) in [5.74, 6) is 0.844. The first-order chi connectivity index (χ1) is 7.46. The molecule has 1 aromatic carbocycles. The van der Waals surface area contributed by atoms with Gasteiger partial charge in [0, 0.05) is 12.0 Å². The van der Waals surface area contributed by atoms with Gasteiger partial charge in [-0.05, 0) is 29.5 Å². The highest BCUT2D eigenvalue weighted by molar-refractivity contribution is 5.40. The molecule has 0 saturated carbocycles. The van der Waals surface area contributed by atoms with E-state index >= 15 is 0 Å². The first-order valence-electron chi connectivity index (χ1n) is 5.89. The average Bonchev–Trinajstić information content (AvgIpc) is 2.17. The highest BCUT2D eigenvalue weighted by atomic mass is 16.5. The van der Waals surface area contributed by atoms with Crippen LogP contribution >= 0.6 is 0 Å². The molecule has 0 saturated heterocycles. The number of hydrogen-bond donors (Lipinski definition) is 1. The summed E-state index contributed by atoms with van der Waals surface area (Å²) in [5, 5.41) is 9.90. The van der Waals surface area contributed by atoms with Crippen LogP contribution < -0.4 is 4.74 Å². The van der Waals surface area contributed by atoms with Crippen LogP contribution in [0.5, 0.6) is 5.75 Å². The molecule has 1 heterocycles. The van der Waals surface area contributed by atoms with Gasteiger partial charge >= 0.3 is 0 Å². The molecule has 2 rings (SSSR count). The normalized spacial score (nSPS) is 20.1. The molecule has 0 unspecified atom stereocenters. The summed E-state index contributed by atoms with van der Waals surface area (Å²) in [7, 11) is 0. The van der Waals surface area contributed by atoms with Gasteiger partial charge in [0.05, 0.1) is 12.7 Å². The van der Waals surface area contributed by atoms with Gasteiger partial charge in [0.25, 0.3) is 0 Å². The second-order valence-corrected chi connectivity index (χ2v) is 5.76. The lowest BCUT2D eigenvalue weighted by Crippen LogP contribution is -2.15. The van der Waals surface area contributed by atoms with Crippen LogP contribution in [0.2, 0.25) is 0 Å². The molecule has 0 bridgehead atoms. The van der Waals surface area contributed by atoms with Crippen LogP contribution in [0.25, 0.3) is 0 Å². The zero-order valence-electron chi connectivity index (χ0n) is 10.3. The largest absolute Gasteiger partial charge is 0.493 e. The number of ether oxygens (including phenoxy) is 1. The second-order valence-electron chi connectivity index (χ2n) is 5.76. The van der Waals surface area contributed by atoms with E-state index in [0.29, 0.717) is 13.0 Å². The topological polar surface area (TPSA) is 29.5 Å². The molecule has 1 aromatic rings. The van der Waals surface area contributed by atoms with Crippen molar-refractivity contribution < 1.29 is 9.84 Å². The van der Waals surface area contributed by atoms with Crippen molar-refractivity contribution in [2.45, 2.75) is 39.7 Å². The van der Waals surface area contributed by atoms with Crippen molar-refractivity contribution in [3.8, 4) is 5.75 Å². The third-order valence-electron chi connectivity index (χ3n) is 2.82. The van der Waals surface area contributed by atoms with Gasteiger partial charge in [-0.2, -0.15) is 0 Å². The standard InChI is InChI=1S/C14H20O2/c1-14(2,3)9-10-4-5-13-11(8-10)12(15)6-7-16-13/h4-5,8,12,15H,6-7,9H2,1-3H3/t12-/m0/s1. The zero-order chi connectivity index (χ0) is 11.8. The van der Waals surface area contributed by atoms with E-state index in [-0.39, 0.29) is 11.5 Å². The summed E-state index contributed by atoms with van der Waals surface area (Å²) in [6, 6.07) is 6.17. The third-order valence-corrected chi connectivity index (χ3v) is 2.82. The quantitative estimate of drug-likeness (QED) is 0.788. The van der Waals surface area contributed by atoms with Gasteiger partial charge in [0.15, 0.2) is 0 Å². The summed E-state index contributed by atoms with van der Waals surface area (Å²) >= 11 is 0. The number of benzene rings is 1. The van der Waals surface area contributed by atoms with Crippen LogP contribution in [0.1, 0.15) is 44.4 Å². The summed E-state index contributed by atoms with van der Waals surface area (Å²) in [5.41, 5.74) is 2.50. The van der Waals surface area contributed by atoms with E-state index in [1.165, 1.54) is 5.56 Å². The Balaban J connectivity index is 2.27. The molecule has 1 atom stereocenters. The van der Waals surface area contributed by atoms with Crippen LogP contribution in [-0.4, -0.2) is 11.7 Å². The van der Waals surface area contributed by atoms with Crippen molar-refractivity contribution in [2.24, 2.45) is 5.41 Å². The lowest BCUT2D eigenvalue weighted by Gasteiger charge is -2.24. The SMILES string of the molecule is CC(C)(C)Cc1ccc2c(c1)[C@@H](O)CCO2. The Kier molecular flexibility index (Phi) is 2.94. The molecule has 2 nitrogen and oxygen atoms in total. The maximum Gasteiger partial charge on any atom is 0.125 e. The van der Waals surface area contributed by atoms with Gasteiger partial charge in [-0.25, -0.2) is 0 Å². The Labute approximate surface area is 97.3 Å². The van der Waals surface area contributed by atoms with E-state index in [1.54, 1.807) is 0 Å². The van der Waals surface area contributed by atoms with Crippen LogP contribution in [-0.2, 0) is 6.42 Å². The predicted octanol–water partition coefficient (Wildman–Crippen LogP) is 3.09. The van der Waals surface area contributed by atoms with E-state index < -0.39 is 0 Å². The fourth-order valence-electron chi connectivity index (χ4n) is 2.15. The van der Waals surface area contributed by atoms with E-state index in [0.717, 1.165) is 17.7 Å². The Morgan fingerprint density at radius 3 is 2.81 bits per heavy atom. The number of aliphatic hydroxyl groups is 1. The first kappa shape index (κ1) is 11.5. The molecule has 1 aliphatic rings. The molecular weight excluding hydrogens is 200 g/mol. The van der Waals surface area contributed by atoms with Crippen LogP contribution in [0, 0.1) is 5.41 Å². The number of aliphatic hydroxyl groups excluding tert-OH is 1. The molecule has 0 radical (unpaired) electrons. The van der Waals surface area contributed by atoms with Crippen LogP contribution in [0.4, 0.5) is 0 Å². The molecule has 0 fully saturated rings. The fraction of sp³-hybridized carbons (Fsp3) is 0.571. The molecule has 0 aliphatic carbocycles. The van der Waals surface area contributed by atoms with Crippen LogP contribution in [0.15, 0.2) is 18.2 Å². The van der Waals surface area contributed by atoms with E-state index in [1.807, 2.05) is 6.07 Å². The molecule has 0 aromatic heterocycles. The molecule has 2 heteroatoms. The van der Waals surface area contributed by atoms with E-state index in [9.17, 15) is 5.11 Å². The third kappa shape index (κ3) is 2.56. The van der Waals surface area contributed by atoms with Crippen molar-refractivity contribution >= 4 is 0 Å². The van der Waals surface area contributed by atoms with E-state index in [4.69, 9.17) is 4.74 Å². The lowest BCUT2D eigenvalue weighted by atomic mass is 9.87. The molecule has 88 valence electrons. The number of hydrogen-bond acceptors (Lipinski definition) is 2. The van der Waals surface area contributed by atoms with Crippen molar-refractivity contribution in [1.82, 2.24) is 0 Å². The Hall–Kier alpha value is -1.02. The van der Waals surface area contributed by atoms with Crippen molar-refractivity contribution in [2.75, 3.05) is 6.61 Å². The Morgan fingerprint density at radius 2 is 2.12 bits per heavy atom. The fourth-order valence-corrected chi connectivity index (χ4v) is 2.15. The van der Waals surface area contributed by atoms with Gasteiger partial charge in [0.1, 0.15) is 5.75 Å². The Morgan fingerprint density at radius 1 is 1.38 bits per heavy atom. The zero-order valence-corrected chi connectivity index (χ0v) is 10.3. The molecule has 0 amide bonds. The molecule has 1 aliphatic heterocycles. The highest BCUT2D eigenvalue weighted by Crippen LogP contribution is 2.33. The molecular formula is C14H20O2. The van der Waals surface area contributed by atoms with Crippen molar-refractivity contribution in [3.63, 3.8) is 0 Å². The van der Waals surface area contributed by atoms with Gasteiger partial charge in [0.2, 0.25) is 0 Å². The van der Waals surface area contributed by atoms with Gasteiger partial charge in [-0.3, -0.25) is 0 Å². The van der Waals surface area contributed by atoms with Crippen molar-refractivity contribution in [3.05, 3.63) is 29.3 Å². The number of fused-ring (bicyclic) bond motifs is 1. The lowest BCUT2D eigenvalue weighted by molar-refractivity contribution is 0.115. The van der Waals surface area contributed by atoms with Crippen molar-refractivity contribution in [1.29, 1.82) is 0 Å². The first-order valence-corrected chi connectivity index (χ1v) is 5.89. The summed E-state index contributed by atoms with van der Waals surface area (Å²) in [6.07, 6.45) is 1.36. The molecule has 1 N–H and O–H groups in total. The molecule has 16 heavy (non-hydrogen) atoms. The maximum atomic E-state index is 9.90. The van der Waals surface area contributed by atoms with Gasteiger partial charge in [-0.15, -0.1) is 0 Å². The average molecular weight is 220 g/mol. The minimum Gasteiger partial charge on any atom is -0.493 e. The Bertz CT molecular complexity index is 377.